The molecule has 0 saturated carbocycles. The summed E-state index contributed by atoms with van der Waals surface area (Å²) in [5, 5.41) is 0. The van der Waals surface area contributed by atoms with Gasteiger partial charge in [-0.25, -0.2) is 0 Å². The summed E-state index contributed by atoms with van der Waals surface area (Å²) < 4.78 is 0. The third-order valence-electron chi connectivity index (χ3n) is 17.9. The molecule has 0 aliphatic heterocycles. The molecule has 0 rings (SSSR count). The summed E-state index contributed by atoms with van der Waals surface area (Å²) in [6, 6.07) is 0. The summed E-state index contributed by atoms with van der Waals surface area (Å²) in [5.41, 5.74) is 0.166. The van der Waals surface area contributed by atoms with E-state index in [0.29, 0.717) is 5.78 Å². The summed E-state index contributed by atoms with van der Waals surface area (Å²) in [6.45, 7) is 31.5. The lowest BCUT2D eigenvalue weighted by molar-refractivity contribution is -0.121. The molecule has 0 aliphatic carbocycles. The molecule has 0 fully saturated rings. The molecule has 0 aromatic heterocycles. The van der Waals surface area contributed by atoms with Crippen LogP contribution in [0.15, 0.2) is 0 Å². The predicted molar refractivity (Wildman–Crippen MR) is 320 cm³/mol. The van der Waals surface area contributed by atoms with Crippen molar-refractivity contribution in [2.24, 2.45) is 58.7 Å². The maximum Gasteiger partial charge on any atom is 0.133 e. The van der Waals surface area contributed by atoms with Crippen molar-refractivity contribution < 1.29 is 4.79 Å². The average molecular weight is 984 g/mol. The van der Waals surface area contributed by atoms with Crippen LogP contribution in [0.2, 0.25) is 0 Å². The molecule has 1 nitrogen and oxygen atoms in total. The number of carbonyl (C=O) groups is 1. The van der Waals surface area contributed by atoms with Gasteiger partial charge in [0.15, 0.2) is 0 Å². The number of ketones is 1. The van der Waals surface area contributed by atoms with E-state index in [0.717, 1.165) is 72.5 Å². The van der Waals surface area contributed by atoms with Gasteiger partial charge in [-0.2, -0.15) is 0 Å². The maximum atomic E-state index is 12.7. The Balaban J connectivity index is 3.72. The van der Waals surface area contributed by atoms with E-state index in [4.69, 9.17) is 0 Å². The number of hydrogen-bond acceptors (Lipinski definition) is 1. The molecule has 6 atom stereocenters. The van der Waals surface area contributed by atoms with Crippen LogP contribution in [0.5, 0.6) is 0 Å². The van der Waals surface area contributed by atoms with Crippen LogP contribution in [0.25, 0.3) is 0 Å². The summed E-state index contributed by atoms with van der Waals surface area (Å²) >= 11 is 0. The molecule has 0 radical (unpaired) electrons. The third kappa shape index (κ3) is 47.4. The number of hydrogen-bond donors (Lipinski definition) is 0. The molecule has 0 N–H and O–H groups in total. The van der Waals surface area contributed by atoms with Gasteiger partial charge in [0.2, 0.25) is 0 Å². The fourth-order valence-corrected chi connectivity index (χ4v) is 12.4. The Labute approximate surface area is 446 Å². The minimum Gasteiger partial charge on any atom is -0.300 e. The largest absolute Gasteiger partial charge is 0.300 e. The highest BCUT2D eigenvalue weighted by atomic mass is 16.1. The highest BCUT2D eigenvalue weighted by Crippen LogP contribution is 2.32. The predicted octanol–water partition coefficient (Wildman–Crippen LogP) is 24.9. The van der Waals surface area contributed by atoms with Crippen LogP contribution in [-0.4, -0.2) is 5.78 Å². The van der Waals surface area contributed by atoms with Crippen molar-refractivity contribution in [3.8, 4) is 0 Å². The summed E-state index contributed by atoms with van der Waals surface area (Å²) in [4.78, 5) is 12.7. The van der Waals surface area contributed by atoms with Crippen LogP contribution < -0.4 is 0 Å². The Morgan fingerprint density at radius 2 is 0.643 bits per heavy atom. The van der Waals surface area contributed by atoms with Gasteiger partial charge in [-0.1, -0.05) is 340 Å². The zero-order valence-corrected chi connectivity index (χ0v) is 51.4. The number of Topliss-reactive ketones (excluding diaryl/α,β-unsaturated/α-hetero) is 1. The maximum absolute atomic E-state index is 12.7. The Morgan fingerprint density at radius 3 is 1.01 bits per heavy atom. The Morgan fingerprint density at radius 1 is 0.329 bits per heavy atom. The second-order valence-corrected chi connectivity index (χ2v) is 27.3. The van der Waals surface area contributed by atoms with Gasteiger partial charge < -0.3 is 0 Å². The molecular weight excluding hydrogens is 845 g/mol. The highest BCUT2D eigenvalue weighted by Gasteiger charge is 2.22. The molecular formula is C69H138O. The lowest BCUT2D eigenvalue weighted by atomic mass is 9.80. The number of carbonyl (C=O) groups excluding carboxylic acids is 1. The molecule has 70 heavy (non-hydrogen) atoms. The Bertz CT molecular complexity index is 1070. The second-order valence-electron chi connectivity index (χ2n) is 27.3. The van der Waals surface area contributed by atoms with E-state index in [1.807, 2.05) is 0 Å². The molecule has 0 aliphatic rings. The smallest absolute Gasteiger partial charge is 0.133 e. The van der Waals surface area contributed by atoms with Crippen LogP contribution in [0.4, 0.5) is 0 Å². The molecule has 5 unspecified atom stereocenters. The lowest BCUT2D eigenvalue weighted by Crippen LogP contribution is -2.17. The van der Waals surface area contributed by atoms with E-state index in [9.17, 15) is 4.79 Å². The summed E-state index contributed by atoms with van der Waals surface area (Å²) in [7, 11) is 0. The van der Waals surface area contributed by atoms with Crippen molar-refractivity contribution in [3.05, 3.63) is 0 Å². The van der Waals surface area contributed by atoms with Crippen LogP contribution in [0, 0.1) is 58.7 Å². The fourth-order valence-electron chi connectivity index (χ4n) is 12.4. The molecule has 0 amide bonds. The van der Waals surface area contributed by atoms with E-state index < -0.39 is 0 Å². The molecule has 0 saturated heterocycles. The fraction of sp³-hybridized carbons (Fsp3) is 0.986. The molecule has 420 valence electrons. The number of rotatable bonds is 55. The SMILES string of the molecule is CC[C@H](CCCCCC(=O)CC(C)(C)CCCC(C)CCCCCCCCC(C)CCCCCCCCC(C)CCC(CC(C)CCCCCCCCCCCCCCCCC(C)C)C(C)C)C(C)C. The third-order valence-corrected chi connectivity index (χ3v) is 17.9. The van der Waals surface area contributed by atoms with Gasteiger partial charge in [0, 0.05) is 12.8 Å². The topological polar surface area (TPSA) is 17.1 Å². The van der Waals surface area contributed by atoms with Gasteiger partial charge in [0.25, 0.3) is 0 Å². The first-order valence-corrected chi connectivity index (χ1v) is 33.1. The van der Waals surface area contributed by atoms with Crippen molar-refractivity contribution in [2.75, 3.05) is 0 Å². The molecule has 0 aromatic carbocycles. The average Bonchev–Trinajstić information content (AvgIpc) is 3.29. The Hall–Kier alpha value is -0.330. The lowest BCUT2D eigenvalue weighted by Gasteiger charge is -2.26. The van der Waals surface area contributed by atoms with E-state index in [1.54, 1.807) is 0 Å². The van der Waals surface area contributed by atoms with Gasteiger partial charge in [0.05, 0.1) is 0 Å². The van der Waals surface area contributed by atoms with Crippen molar-refractivity contribution >= 4 is 5.78 Å². The first-order chi connectivity index (χ1) is 33.6. The van der Waals surface area contributed by atoms with Crippen LogP contribution in [0.1, 0.15) is 379 Å². The number of unbranched alkanes of at least 4 members (excludes halogenated alkanes) is 25. The zero-order valence-electron chi connectivity index (χ0n) is 51.4. The first kappa shape index (κ1) is 69.7. The van der Waals surface area contributed by atoms with Gasteiger partial charge in [0.1, 0.15) is 5.78 Å². The Kier molecular flexibility index (Phi) is 48.1. The molecule has 0 aromatic rings. The minimum atomic E-state index is 0.166. The highest BCUT2D eigenvalue weighted by molar-refractivity contribution is 5.78. The zero-order chi connectivity index (χ0) is 52.1. The van der Waals surface area contributed by atoms with Crippen LogP contribution in [0.3, 0.4) is 0 Å². The first-order valence-electron chi connectivity index (χ1n) is 33.1. The van der Waals surface area contributed by atoms with Crippen molar-refractivity contribution in [1.29, 1.82) is 0 Å². The second kappa shape index (κ2) is 48.3. The molecule has 0 spiro atoms. The van der Waals surface area contributed by atoms with Gasteiger partial charge in [-0.3, -0.25) is 4.79 Å². The van der Waals surface area contributed by atoms with Gasteiger partial charge >= 0.3 is 0 Å². The van der Waals surface area contributed by atoms with Gasteiger partial charge in [-0.05, 0) is 84.4 Å². The van der Waals surface area contributed by atoms with E-state index in [1.165, 1.54) is 270 Å². The quantitative estimate of drug-likeness (QED) is 0.0555. The normalized spacial score (nSPS) is 15.0. The van der Waals surface area contributed by atoms with Crippen LogP contribution in [-0.2, 0) is 4.79 Å². The molecule has 1 heteroatoms. The van der Waals surface area contributed by atoms with Crippen molar-refractivity contribution in [3.63, 3.8) is 0 Å². The molecule has 0 heterocycles. The monoisotopic (exact) mass is 983 g/mol. The van der Waals surface area contributed by atoms with E-state index >= 15 is 0 Å². The minimum absolute atomic E-state index is 0.166. The standard InChI is InChI=1S/C69H138O/c1-14-66(60(4)5)52-42-35-43-53-68(70)58-69(12,13)56-44-51-63(9)48-39-32-26-25-30-37-46-62(8)47-38-31-27-28-33-40-49-64(10)54-55-67(61(6)7)57-65(11)50-41-34-24-22-20-18-16-15-17-19-21-23-29-36-45-59(2)3/h59-67H,14-58H2,1-13H3/t62?,63?,64?,65?,66-,67?/m1/s1. The van der Waals surface area contributed by atoms with Crippen molar-refractivity contribution in [2.45, 2.75) is 379 Å². The summed E-state index contributed by atoms with van der Waals surface area (Å²) in [5.74, 6) is 8.37. The molecule has 0 bridgehead atoms. The van der Waals surface area contributed by atoms with Crippen LogP contribution >= 0.6 is 0 Å². The van der Waals surface area contributed by atoms with E-state index in [2.05, 4.69) is 90.0 Å². The summed E-state index contributed by atoms with van der Waals surface area (Å²) in [6.07, 6.45) is 62.6. The van der Waals surface area contributed by atoms with E-state index in [-0.39, 0.29) is 5.41 Å². The van der Waals surface area contributed by atoms with Gasteiger partial charge in [-0.15, -0.1) is 0 Å². The van der Waals surface area contributed by atoms with Crippen molar-refractivity contribution in [1.82, 2.24) is 0 Å².